The minimum Gasteiger partial charge on any atom is -0.493 e. The van der Waals surface area contributed by atoms with Crippen LogP contribution in [-0.2, 0) is 13.0 Å². The molecule has 2 rings (SSSR count). The fraction of sp³-hybridized carbons (Fsp3) is 0.316. The number of ether oxygens (including phenoxy) is 1. The molecular weight excluding hydrogens is 396 g/mol. The van der Waals surface area contributed by atoms with E-state index in [1.54, 1.807) is 18.3 Å². The first-order valence-electron chi connectivity index (χ1n) is 8.36. The van der Waals surface area contributed by atoms with E-state index in [-0.39, 0.29) is 5.56 Å². The van der Waals surface area contributed by atoms with Gasteiger partial charge in [0.2, 0.25) is 0 Å². The molecule has 2 aromatic rings. The number of allylic oxidation sites excluding steroid dienone is 1. The molecule has 0 saturated carbocycles. The predicted molar refractivity (Wildman–Crippen MR) is 106 cm³/mol. The molecule has 1 aromatic carbocycles. The van der Waals surface area contributed by atoms with Crippen molar-refractivity contribution in [1.29, 1.82) is 5.26 Å². The zero-order chi connectivity index (χ0) is 18.9. The molecule has 0 radical (unpaired) electrons. The maximum Gasteiger partial charge on any atom is 0.283 e. The molecule has 0 atom stereocenters. The van der Waals surface area contributed by atoms with E-state index in [4.69, 9.17) is 10.00 Å². The Bertz CT molecular complexity index is 871. The van der Waals surface area contributed by atoms with Gasteiger partial charge < -0.3 is 10.1 Å². The van der Waals surface area contributed by atoms with Crippen molar-refractivity contribution in [2.75, 3.05) is 18.5 Å². The number of nitrogens with zero attached hydrogens (tertiary/aromatic N) is 3. The number of benzene rings is 1. The van der Waals surface area contributed by atoms with E-state index < -0.39 is 0 Å². The molecule has 0 aliphatic heterocycles. The van der Waals surface area contributed by atoms with Gasteiger partial charge in [0.05, 0.1) is 30.1 Å². The van der Waals surface area contributed by atoms with Gasteiger partial charge in [-0.25, -0.2) is 4.68 Å². The summed E-state index contributed by atoms with van der Waals surface area (Å²) in [5.74, 6) is 0.761. The van der Waals surface area contributed by atoms with Crippen molar-refractivity contribution in [3.05, 3.63) is 63.0 Å². The number of halogens is 1. The van der Waals surface area contributed by atoms with Crippen molar-refractivity contribution in [2.45, 2.75) is 26.3 Å². The van der Waals surface area contributed by atoms with Gasteiger partial charge in [-0.3, -0.25) is 4.79 Å². The number of hydrogen-bond acceptors (Lipinski definition) is 5. The second-order valence-corrected chi connectivity index (χ2v) is 6.34. The van der Waals surface area contributed by atoms with Gasteiger partial charge in [-0.2, -0.15) is 10.4 Å². The Balaban J connectivity index is 1.88. The van der Waals surface area contributed by atoms with Crippen LogP contribution in [0.15, 0.2) is 46.3 Å². The van der Waals surface area contributed by atoms with Gasteiger partial charge in [0.15, 0.2) is 0 Å². The van der Waals surface area contributed by atoms with E-state index in [2.05, 4.69) is 39.0 Å². The van der Waals surface area contributed by atoms with Crippen molar-refractivity contribution in [3.8, 4) is 11.8 Å². The lowest BCUT2D eigenvalue weighted by Gasteiger charge is -2.12. The molecule has 0 amide bonds. The third kappa shape index (κ3) is 4.96. The molecule has 0 aliphatic rings. The molecule has 136 valence electrons. The summed E-state index contributed by atoms with van der Waals surface area (Å²) in [5.41, 5.74) is 2.07. The van der Waals surface area contributed by atoms with Crippen molar-refractivity contribution in [2.24, 2.45) is 0 Å². The lowest BCUT2D eigenvalue weighted by Crippen LogP contribution is -2.23. The van der Waals surface area contributed by atoms with Gasteiger partial charge in [-0.1, -0.05) is 6.08 Å². The van der Waals surface area contributed by atoms with Crippen LogP contribution in [0.2, 0.25) is 0 Å². The van der Waals surface area contributed by atoms with E-state index >= 15 is 0 Å². The van der Waals surface area contributed by atoms with E-state index in [1.807, 2.05) is 19.1 Å². The largest absolute Gasteiger partial charge is 0.493 e. The fourth-order valence-electron chi connectivity index (χ4n) is 2.40. The molecule has 0 spiro atoms. The summed E-state index contributed by atoms with van der Waals surface area (Å²) < 4.78 is 7.70. The third-order valence-electron chi connectivity index (χ3n) is 3.73. The number of hydrogen-bond donors (Lipinski definition) is 1. The summed E-state index contributed by atoms with van der Waals surface area (Å²) in [5, 5.41) is 16.3. The minimum absolute atomic E-state index is 0.152. The number of rotatable bonds is 9. The van der Waals surface area contributed by atoms with Crippen LogP contribution in [0.5, 0.6) is 5.75 Å². The third-order valence-corrected chi connectivity index (χ3v) is 4.50. The summed E-state index contributed by atoms with van der Waals surface area (Å²) in [6, 6.07) is 7.51. The second kappa shape index (κ2) is 9.78. The smallest absolute Gasteiger partial charge is 0.283 e. The number of nitrogens with one attached hydrogen (secondary N) is 1. The Morgan fingerprint density at radius 2 is 2.31 bits per heavy atom. The van der Waals surface area contributed by atoms with Crippen molar-refractivity contribution < 1.29 is 4.74 Å². The molecule has 6 nitrogen and oxygen atoms in total. The molecule has 7 heteroatoms. The number of anilines is 1. The van der Waals surface area contributed by atoms with Crippen LogP contribution in [0.3, 0.4) is 0 Å². The predicted octanol–water partition coefficient (Wildman–Crippen LogP) is 3.51. The quantitative estimate of drug-likeness (QED) is 0.499. The average molecular weight is 417 g/mol. The van der Waals surface area contributed by atoms with Crippen molar-refractivity contribution >= 4 is 21.6 Å². The maximum absolute atomic E-state index is 12.0. The molecule has 1 aromatic heterocycles. The average Bonchev–Trinajstić information content (AvgIpc) is 2.66. The van der Waals surface area contributed by atoms with E-state index in [0.717, 1.165) is 17.7 Å². The van der Waals surface area contributed by atoms with E-state index in [9.17, 15) is 4.79 Å². The maximum atomic E-state index is 12.0. The summed E-state index contributed by atoms with van der Waals surface area (Å²) in [6.45, 7) is 7.29. The highest BCUT2D eigenvalue weighted by molar-refractivity contribution is 9.10. The Hall–Kier alpha value is -2.59. The number of nitriles is 1. The molecule has 1 heterocycles. The molecule has 0 bridgehead atoms. The van der Waals surface area contributed by atoms with Crippen LogP contribution >= 0.6 is 15.9 Å². The molecule has 0 aliphatic carbocycles. The lowest BCUT2D eigenvalue weighted by atomic mass is 10.1. The van der Waals surface area contributed by atoms with Gasteiger partial charge in [0.25, 0.3) is 5.56 Å². The van der Waals surface area contributed by atoms with Gasteiger partial charge in [0.1, 0.15) is 10.2 Å². The Kier molecular flexibility index (Phi) is 7.42. The zero-order valence-corrected chi connectivity index (χ0v) is 16.3. The highest BCUT2D eigenvalue weighted by Gasteiger charge is 2.08. The molecule has 0 fully saturated rings. The molecule has 26 heavy (non-hydrogen) atoms. The molecule has 0 unspecified atom stereocenters. The normalized spacial score (nSPS) is 10.2. The van der Waals surface area contributed by atoms with Gasteiger partial charge in [0, 0.05) is 13.1 Å². The highest BCUT2D eigenvalue weighted by Crippen LogP contribution is 2.21. The van der Waals surface area contributed by atoms with Crippen LogP contribution in [-0.4, -0.2) is 22.9 Å². The SMILES string of the molecule is C=CCc1cc(C#N)ccc1OCCCNc1cnn(CC)c(=O)c1Br. The summed E-state index contributed by atoms with van der Waals surface area (Å²) >= 11 is 3.32. The van der Waals surface area contributed by atoms with E-state index in [1.165, 1.54) is 4.68 Å². The van der Waals surface area contributed by atoms with E-state index in [0.29, 0.717) is 41.8 Å². The first kappa shape index (κ1) is 19.7. The van der Waals surface area contributed by atoms with Crippen LogP contribution in [0.25, 0.3) is 0 Å². The van der Waals surface area contributed by atoms with Crippen LogP contribution < -0.4 is 15.6 Å². The monoisotopic (exact) mass is 416 g/mol. The Morgan fingerprint density at radius 1 is 1.50 bits per heavy atom. The van der Waals surface area contributed by atoms with Crippen LogP contribution in [0, 0.1) is 11.3 Å². The zero-order valence-electron chi connectivity index (χ0n) is 14.7. The van der Waals surface area contributed by atoms with Crippen molar-refractivity contribution in [3.63, 3.8) is 0 Å². The number of aryl methyl sites for hydroxylation is 1. The molecule has 1 N–H and O–H groups in total. The van der Waals surface area contributed by atoms with Gasteiger partial charge in [-0.15, -0.1) is 6.58 Å². The van der Waals surface area contributed by atoms with Crippen molar-refractivity contribution in [1.82, 2.24) is 9.78 Å². The van der Waals surface area contributed by atoms with Gasteiger partial charge >= 0.3 is 0 Å². The van der Waals surface area contributed by atoms with Crippen LogP contribution in [0.4, 0.5) is 5.69 Å². The fourth-order valence-corrected chi connectivity index (χ4v) is 2.84. The Labute approximate surface area is 161 Å². The standard InChI is InChI=1S/C19H21BrN4O2/c1-3-6-15-11-14(12-21)7-8-17(15)26-10-5-9-22-16-13-23-24(4-2)19(25)18(16)20/h3,7-8,11,13,22H,1,4-6,9-10H2,2H3. The summed E-state index contributed by atoms with van der Waals surface area (Å²) in [7, 11) is 0. The molecule has 0 saturated heterocycles. The minimum atomic E-state index is -0.152. The van der Waals surface area contributed by atoms with Gasteiger partial charge in [-0.05, 0) is 59.5 Å². The highest BCUT2D eigenvalue weighted by atomic mass is 79.9. The summed E-state index contributed by atoms with van der Waals surface area (Å²) in [6.07, 6.45) is 4.82. The topological polar surface area (TPSA) is 79.9 Å². The second-order valence-electron chi connectivity index (χ2n) is 5.55. The first-order chi connectivity index (χ1) is 12.6. The first-order valence-corrected chi connectivity index (χ1v) is 9.16. The van der Waals surface area contributed by atoms with Crippen LogP contribution in [0.1, 0.15) is 24.5 Å². The molecular formula is C19H21BrN4O2. The summed E-state index contributed by atoms with van der Waals surface area (Å²) in [4.78, 5) is 12.0. The number of aromatic nitrogens is 2. The Morgan fingerprint density at radius 3 is 3.00 bits per heavy atom. The lowest BCUT2D eigenvalue weighted by molar-refractivity contribution is 0.312.